The molecule has 2 aromatic carbocycles. The number of tetrazole rings is 1. The third-order valence-electron chi connectivity index (χ3n) is 4.57. The fourth-order valence-electron chi connectivity index (χ4n) is 3.23. The van der Waals surface area contributed by atoms with E-state index in [1.54, 1.807) is 11.8 Å². The molecular formula is C19H19N5O2. The van der Waals surface area contributed by atoms with E-state index in [1.807, 2.05) is 48.5 Å². The van der Waals surface area contributed by atoms with Gasteiger partial charge in [-0.15, -0.1) is 10.2 Å². The molecule has 1 aromatic heterocycles. The molecule has 0 aliphatic carbocycles. The number of H-pyrrole nitrogens is 1. The molecule has 1 aliphatic rings. The van der Waals surface area contributed by atoms with Crippen molar-refractivity contribution in [2.75, 3.05) is 11.4 Å². The number of carbonyl (C=O) groups excluding carboxylic acids is 1. The molecule has 0 saturated heterocycles. The van der Waals surface area contributed by atoms with Gasteiger partial charge in [0.05, 0.1) is 6.61 Å². The lowest BCUT2D eigenvalue weighted by Crippen LogP contribution is -2.38. The number of amides is 1. The first-order chi connectivity index (χ1) is 12.7. The summed E-state index contributed by atoms with van der Waals surface area (Å²) >= 11 is 0. The highest BCUT2D eigenvalue weighted by molar-refractivity contribution is 5.99. The molecule has 0 radical (unpaired) electrons. The van der Waals surface area contributed by atoms with Gasteiger partial charge in [-0.3, -0.25) is 4.79 Å². The zero-order valence-electron chi connectivity index (χ0n) is 14.4. The number of ether oxygens (including phenoxy) is 1. The first-order valence-electron chi connectivity index (χ1n) is 8.56. The highest BCUT2D eigenvalue weighted by atomic mass is 16.5. The van der Waals surface area contributed by atoms with Crippen LogP contribution in [0.15, 0.2) is 48.5 Å². The summed E-state index contributed by atoms with van der Waals surface area (Å²) in [6, 6.07) is 15.7. The van der Waals surface area contributed by atoms with Gasteiger partial charge in [0.25, 0.3) is 5.91 Å². The van der Waals surface area contributed by atoms with Crippen LogP contribution in [-0.2, 0) is 22.6 Å². The van der Waals surface area contributed by atoms with Gasteiger partial charge < -0.3 is 9.64 Å². The molecule has 26 heavy (non-hydrogen) atoms. The first-order valence-corrected chi connectivity index (χ1v) is 8.56. The molecular weight excluding hydrogens is 330 g/mol. The second-order valence-corrected chi connectivity index (χ2v) is 6.22. The van der Waals surface area contributed by atoms with E-state index in [9.17, 15) is 4.79 Å². The van der Waals surface area contributed by atoms with Crippen LogP contribution in [0, 0.1) is 0 Å². The van der Waals surface area contributed by atoms with Gasteiger partial charge in [0.15, 0.2) is 0 Å². The van der Waals surface area contributed by atoms with Crippen molar-refractivity contribution < 1.29 is 9.53 Å². The van der Waals surface area contributed by atoms with Crippen molar-refractivity contribution in [1.29, 1.82) is 0 Å². The maximum absolute atomic E-state index is 12.9. The SMILES string of the molecule is CC(OCc1ccccc1)C(=O)N1CCc2c(-c3nn[nH]n3)cccc21. The summed E-state index contributed by atoms with van der Waals surface area (Å²) in [4.78, 5) is 14.7. The molecule has 1 amide bonds. The quantitative estimate of drug-likeness (QED) is 0.764. The summed E-state index contributed by atoms with van der Waals surface area (Å²) in [6.07, 6.45) is 0.243. The molecule has 7 heteroatoms. The number of hydrogen-bond donors (Lipinski definition) is 1. The lowest BCUT2D eigenvalue weighted by Gasteiger charge is -2.22. The second-order valence-electron chi connectivity index (χ2n) is 6.22. The number of benzene rings is 2. The van der Waals surface area contributed by atoms with Crippen LogP contribution in [0.5, 0.6) is 0 Å². The Bertz CT molecular complexity index is 896. The monoisotopic (exact) mass is 349 g/mol. The topological polar surface area (TPSA) is 84.0 Å². The first kappa shape index (κ1) is 16.4. The molecule has 0 saturated carbocycles. The van der Waals surface area contributed by atoms with Crippen LogP contribution in [-0.4, -0.2) is 39.2 Å². The molecule has 4 rings (SSSR count). The van der Waals surface area contributed by atoms with Crippen molar-refractivity contribution in [1.82, 2.24) is 20.6 Å². The largest absolute Gasteiger partial charge is 0.364 e. The van der Waals surface area contributed by atoms with E-state index in [2.05, 4.69) is 20.6 Å². The number of carbonyl (C=O) groups is 1. The molecule has 0 spiro atoms. The molecule has 1 aliphatic heterocycles. The molecule has 2 heterocycles. The molecule has 1 N–H and O–H groups in total. The minimum atomic E-state index is -0.519. The second kappa shape index (κ2) is 7.05. The van der Waals surface area contributed by atoms with Crippen molar-refractivity contribution in [3.05, 3.63) is 59.7 Å². The van der Waals surface area contributed by atoms with E-state index in [-0.39, 0.29) is 5.91 Å². The average molecular weight is 349 g/mol. The number of anilines is 1. The number of nitrogens with one attached hydrogen (secondary N) is 1. The normalized spacial score (nSPS) is 14.3. The Morgan fingerprint density at radius 1 is 1.23 bits per heavy atom. The van der Waals surface area contributed by atoms with E-state index < -0.39 is 6.10 Å². The third-order valence-corrected chi connectivity index (χ3v) is 4.57. The number of nitrogens with zero attached hydrogens (tertiary/aromatic N) is 4. The highest BCUT2D eigenvalue weighted by Crippen LogP contribution is 2.35. The summed E-state index contributed by atoms with van der Waals surface area (Å²) in [5.41, 5.74) is 3.92. The molecule has 7 nitrogen and oxygen atoms in total. The summed E-state index contributed by atoms with van der Waals surface area (Å²) in [5, 5.41) is 14.2. The number of fused-ring (bicyclic) bond motifs is 1. The lowest BCUT2D eigenvalue weighted by molar-refractivity contribution is -0.129. The molecule has 0 bridgehead atoms. The van der Waals surface area contributed by atoms with Crippen molar-refractivity contribution >= 4 is 11.6 Å². The van der Waals surface area contributed by atoms with Gasteiger partial charge in [-0.2, -0.15) is 5.21 Å². The maximum atomic E-state index is 12.9. The highest BCUT2D eigenvalue weighted by Gasteiger charge is 2.30. The predicted octanol–water partition coefficient (Wildman–Crippen LogP) is 2.36. The van der Waals surface area contributed by atoms with E-state index in [0.717, 1.165) is 28.8 Å². The van der Waals surface area contributed by atoms with Gasteiger partial charge in [0.2, 0.25) is 5.82 Å². The van der Waals surface area contributed by atoms with Crippen LogP contribution in [0.25, 0.3) is 11.4 Å². The smallest absolute Gasteiger partial charge is 0.255 e. The van der Waals surface area contributed by atoms with E-state index in [4.69, 9.17) is 4.74 Å². The van der Waals surface area contributed by atoms with Gasteiger partial charge in [-0.1, -0.05) is 42.5 Å². The maximum Gasteiger partial charge on any atom is 0.255 e. The van der Waals surface area contributed by atoms with Crippen LogP contribution in [0.4, 0.5) is 5.69 Å². The fourth-order valence-corrected chi connectivity index (χ4v) is 3.23. The fraction of sp³-hybridized carbons (Fsp3) is 0.263. The predicted molar refractivity (Wildman–Crippen MR) is 96.4 cm³/mol. The number of aromatic amines is 1. The van der Waals surface area contributed by atoms with Crippen molar-refractivity contribution in [2.45, 2.75) is 26.1 Å². The minimum Gasteiger partial charge on any atom is -0.364 e. The number of aromatic nitrogens is 4. The Labute approximate surface area is 151 Å². The van der Waals surface area contributed by atoms with E-state index >= 15 is 0 Å². The third kappa shape index (κ3) is 3.09. The van der Waals surface area contributed by atoms with Crippen molar-refractivity contribution in [2.24, 2.45) is 0 Å². The number of rotatable bonds is 5. The Morgan fingerprint density at radius 3 is 2.85 bits per heavy atom. The summed E-state index contributed by atoms with van der Waals surface area (Å²) < 4.78 is 5.79. The van der Waals surface area contributed by atoms with Gasteiger partial charge in [-0.05, 0) is 35.8 Å². The Hall–Kier alpha value is -3.06. The zero-order valence-corrected chi connectivity index (χ0v) is 14.4. The van der Waals surface area contributed by atoms with Gasteiger partial charge >= 0.3 is 0 Å². The molecule has 1 atom stereocenters. The standard InChI is InChI=1S/C19H19N5O2/c1-13(26-12-14-6-3-2-4-7-14)19(25)24-11-10-15-16(8-5-9-17(15)24)18-20-22-23-21-18/h2-9,13H,10-12H2,1H3,(H,20,21,22,23). The van der Waals surface area contributed by atoms with E-state index in [0.29, 0.717) is 19.0 Å². The van der Waals surface area contributed by atoms with Gasteiger partial charge in [0, 0.05) is 17.8 Å². The minimum absolute atomic E-state index is 0.0371. The summed E-state index contributed by atoms with van der Waals surface area (Å²) in [5.74, 6) is 0.509. The number of hydrogen-bond acceptors (Lipinski definition) is 5. The lowest BCUT2D eigenvalue weighted by atomic mass is 10.0. The molecule has 0 fully saturated rings. The summed E-state index contributed by atoms with van der Waals surface area (Å²) in [7, 11) is 0. The van der Waals surface area contributed by atoms with Gasteiger partial charge in [-0.25, -0.2) is 0 Å². The van der Waals surface area contributed by atoms with E-state index in [1.165, 1.54) is 0 Å². The molecule has 3 aromatic rings. The average Bonchev–Trinajstić information content (AvgIpc) is 3.36. The van der Waals surface area contributed by atoms with Crippen LogP contribution in [0.1, 0.15) is 18.1 Å². The van der Waals surface area contributed by atoms with Crippen LogP contribution >= 0.6 is 0 Å². The van der Waals surface area contributed by atoms with Crippen molar-refractivity contribution in [3.8, 4) is 11.4 Å². The van der Waals surface area contributed by atoms with Crippen LogP contribution in [0.2, 0.25) is 0 Å². The molecule has 1 unspecified atom stereocenters. The Kier molecular flexibility index (Phi) is 4.45. The Balaban J connectivity index is 1.50. The summed E-state index contributed by atoms with van der Waals surface area (Å²) in [6.45, 7) is 2.84. The Morgan fingerprint density at radius 2 is 2.08 bits per heavy atom. The van der Waals surface area contributed by atoms with Crippen molar-refractivity contribution in [3.63, 3.8) is 0 Å². The van der Waals surface area contributed by atoms with Gasteiger partial charge in [0.1, 0.15) is 6.10 Å². The zero-order chi connectivity index (χ0) is 17.9. The van der Waals surface area contributed by atoms with Crippen LogP contribution < -0.4 is 4.90 Å². The molecule has 132 valence electrons. The van der Waals surface area contributed by atoms with Crippen LogP contribution in [0.3, 0.4) is 0 Å².